The minimum atomic E-state index is -0.483. The summed E-state index contributed by atoms with van der Waals surface area (Å²) in [5.41, 5.74) is 14.2. The molecule has 1 aromatic heterocycles. The largest absolute Gasteiger partial charge is 0.454 e. The van der Waals surface area contributed by atoms with Crippen molar-refractivity contribution in [2.45, 2.75) is 6.54 Å². The van der Waals surface area contributed by atoms with Crippen LogP contribution in [0.4, 0.5) is 27.5 Å². The quantitative estimate of drug-likeness (QED) is 0.580. The lowest BCUT2D eigenvalue weighted by atomic mass is 10.2. The summed E-state index contributed by atoms with van der Waals surface area (Å²) < 4.78 is 20.0. The second-order valence-corrected chi connectivity index (χ2v) is 5.47. The van der Waals surface area contributed by atoms with Crippen LogP contribution in [0.5, 0.6) is 11.5 Å². The monoisotopic (exact) mass is 338 g/mol. The molecule has 0 unspecified atom stereocenters. The van der Waals surface area contributed by atoms with Crippen LogP contribution in [0.25, 0.3) is 0 Å². The Hall–Kier alpha value is -3.39. The summed E-state index contributed by atoms with van der Waals surface area (Å²) in [6.45, 7) is 0.694. The summed E-state index contributed by atoms with van der Waals surface area (Å²) in [5, 5.41) is 2.97. The molecule has 0 saturated heterocycles. The molecule has 2 heterocycles. The Labute approximate surface area is 143 Å². The van der Waals surface area contributed by atoms with E-state index in [1.54, 1.807) is 24.3 Å². The van der Waals surface area contributed by atoms with E-state index in [1.165, 1.54) is 12.3 Å². The van der Waals surface area contributed by atoms with Crippen LogP contribution in [0.1, 0.15) is 5.56 Å². The Bertz CT molecular complexity index is 933. The number of aromatic nitrogens is 2. The lowest BCUT2D eigenvalue weighted by Crippen LogP contribution is -2.10. The normalized spacial score (nSPS) is 12.4. The van der Waals surface area contributed by atoms with Crippen LogP contribution in [-0.2, 0) is 6.54 Å². The van der Waals surface area contributed by atoms with Gasteiger partial charge in [0.1, 0.15) is 11.6 Å². The first-order valence-electron chi connectivity index (χ1n) is 7.62. The lowest BCUT2D eigenvalue weighted by molar-refractivity contribution is 0.442. The van der Waals surface area contributed by atoms with Gasteiger partial charge in [-0.3, -0.25) is 0 Å². The van der Waals surface area contributed by atoms with E-state index >= 15 is 0 Å². The van der Waals surface area contributed by atoms with Crippen LogP contribution in [0.2, 0.25) is 0 Å². The average molecular weight is 338 g/mol. The van der Waals surface area contributed by atoms with Crippen LogP contribution in [0.15, 0.2) is 48.7 Å². The number of nitrogens with two attached hydrogens (primary N) is 1. The highest BCUT2D eigenvalue weighted by atomic mass is 19.1. The molecular weight excluding hydrogens is 323 g/mol. The first-order valence-corrected chi connectivity index (χ1v) is 7.62. The fraction of sp³-hybridized carbons (Fsp3) is 0.0588. The van der Waals surface area contributed by atoms with Crippen molar-refractivity contribution in [2.24, 2.45) is 0 Å². The minimum absolute atomic E-state index is 0.144. The average Bonchev–Trinajstić information content (AvgIpc) is 3.05. The second kappa shape index (κ2) is 6.25. The number of halogens is 1. The van der Waals surface area contributed by atoms with Gasteiger partial charge in [-0.25, -0.2) is 14.8 Å². The van der Waals surface area contributed by atoms with E-state index in [9.17, 15) is 4.39 Å². The van der Waals surface area contributed by atoms with Gasteiger partial charge in [0, 0.05) is 24.5 Å². The fourth-order valence-electron chi connectivity index (χ4n) is 2.52. The van der Waals surface area contributed by atoms with Crippen molar-refractivity contribution in [3.63, 3.8) is 0 Å². The van der Waals surface area contributed by atoms with Gasteiger partial charge in [0.2, 0.25) is 5.95 Å². The summed E-state index contributed by atoms with van der Waals surface area (Å²) in [6, 6.07) is 11.8. The van der Waals surface area contributed by atoms with Gasteiger partial charge in [0.15, 0.2) is 11.6 Å². The highest BCUT2D eigenvalue weighted by Gasteiger charge is 2.12. The predicted octanol–water partition coefficient (Wildman–Crippen LogP) is 3.16. The van der Waals surface area contributed by atoms with E-state index in [4.69, 9.17) is 10.5 Å². The van der Waals surface area contributed by atoms with Crippen molar-refractivity contribution >= 4 is 23.1 Å². The van der Waals surface area contributed by atoms with Gasteiger partial charge in [-0.1, -0.05) is 0 Å². The molecule has 0 spiro atoms. The summed E-state index contributed by atoms with van der Waals surface area (Å²) >= 11 is 0. The number of ether oxygens (including phenoxy) is 1. The van der Waals surface area contributed by atoms with Crippen LogP contribution in [0, 0.1) is 5.82 Å². The topological polar surface area (TPSA) is 97.1 Å². The molecule has 0 fully saturated rings. The molecule has 1 aliphatic rings. The molecule has 3 aromatic rings. The van der Waals surface area contributed by atoms with Crippen molar-refractivity contribution in [3.05, 3.63) is 60.0 Å². The molecule has 0 atom stereocenters. The van der Waals surface area contributed by atoms with Crippen LogP contribution >= 0.6 is 0 Å². The molecule has 8 heteroatoms. The number of hydrogen-bond acceptors (Lipinski definition) is 7. The first kappa shape index (κ1) is 15.2. The Balaban J connectivity index is 1.52. The van der Waals surface area contributed by atoms with Crippen molar-refractivity contribution in [2.75, 3.05) is 16.5 Å². The number of nitrogens with one attached hydrogen (secondary N) is 3. The highest BCUT2D eigenvalue weighted by molar-refractivity contribution is 5.59. The van der Waals surface area contributed by atoms with E-state index in [1.807, 2.05) is 12.1 Å². The molecule has 2 aromatic carbocycles. The fourth-order valence-corrected chi connectivity index (χ4v) is 2.52. The maximum atomic E-state index is 14.3. The summed E-state index contributed by atoms with van der Waals surface area (Å²) in [4.78, 5) is 7.82. The maximum absolute atomic E-state index is 14.3. The number of rotatable bonds is 4. The van der Waals surface area contributed by atoms with Crippen LogP contribution in [0.3, 0.4) is 0 Å². The molecule has 4 rings (SSSR count). The molecule has 0 aliphatic carbocycles. The van der Waals surface area contributed by atoms with E-state index < -0.39 is 5.82 Å². The molecule has 5 N–H and O–H groups in total. The summed E-state index contributed by atoms with van der Waals surface area (Å²) in [7, 11) is 0. The van der Waals surface area contributed by atoms with Crippen LogP contribution in [-0.4, -0.2) is 9.97 Å². The number of anilines is 4. The standard InChI is InChI=1S/C17H15FN6O/c18-13-8-11(22-16-5-6-20-17(19)23-16)1-4-15(13)25-12-2-3-14-10(7-12)9-21-24-14/h1-8,21,24H,9H2,(H3,19,20,22,23). The zero-order valence-electron chi connectivity index (χ0n) is 13.1. The summed E-state index contributed by atoms with van der Waals surface area (Å²) in [5.74, 6) is 0.869. The predicted molar refractivity (Wildman–Crippen MR) is 93.1 cm³/mol. The molecule has 0 radical (unpaired) electrons. The smallest absolute Gasteiger partial charge is 0.221 e. The van der Waals surface area contributed by atoms with Gasteiger partial charge in [-0.05, 0) is 42.0 Å². The Morgan fingerprint density at radius 3 is 2.92 bits per heavy atom. The Morgan fingerprint density at radius 1 is 1.16 bits per heavy atom. The van der Waals surface area contributed by atoms with E-state index in [0.717, 1.165) is 11.3 Å². The number of nitrogen functional groups attached to an aromatic ring is 1. The number of hydrogen-bond donors (Lipinski definition) is 4. The SMILES string of the molecule is Nc1nccc(Nc2ccc(Oc3ccc4c(c3)CNN4)c(F)c2)n1. The molecule has 25 heavy (non-hydrogen) atoms. The molecule has 0 amide bonds. The second-order valence-electron chi connectivity index (χ2n) is 5.47. The minimum Gasteiger partial charge on any atom is -0.454 e. The summed E-state index contributed by atoms with van der Waals surface area (Å²) in [6.07, 6.45) is 1.52. The molecular formula is C17H15FN6O. The maximum Gasteiger partial charge on any atom is 0.221 e. The van der Waals surface area contributed by atoms with Gasteiger partial charge in [0.25, 0.3) is 0 Å². The third-order valence-electron chi connectivity index (χ3n) is 3.68. The number of fused-ring (bicyclic) bond motifs is 1. The first-order chi connectivity index (χ1) is 12.2. The molecule has 126 valence electrons. The van der Waals surface area contributed by atoms with E-state index in [-0.39, 0.29) is 11.7 Å². The molecule has 0 bridgehead atoms. The van der Waals surface area contributed by atoms with Gasteiger partial charge in [-0.2, -0.15) is 4.98 Å². The number of hydrazine groups is 1. The molecule has 7 nitrogen and oxygen atoms in total. The molecule has 0 saturated carbocycles. The van der Waals surface area contributed by atoms with Crippen molar-refractivity contribution < 1.29 is 9.13 Å². The third-order valence-corrected chi connectivity index (χ3v) is 3.68. The highest BCUT2D eigenvalue weighted by Crippen LogP contribution is 2.31. The van der Waals surface area contributed by atoms with Gasteiger partial charge in [-0.15, -0.1) is 0 Å². The number of nitrogens with zero attached hydrogens (tertiary/aromatic N) is 2. The zero-order valence-corrected chi connectivity index (χ0v) is 13.1. The van der Waals surface area contributed by atoms with E-state index in [0.29, 0.717) is 23.8 Å². The van der Waals surface area contributed by atoms with E-state index in [2.05, 4.69) is 26.1 Å². The van der Waals surface area contributed by atoms with Gasteiger partial charge >= 0.3 is 0 Å². The van der Waals surface area contributed by atoms with Crippen molar-refractivity contribution in [1.29, 1.82) is 0 Å². The number of benzene rings is 2. The van der Waals surface area contributed by atoms with Gasteiger partial charge in [0.05, 0.1) is 5.69 Å². The Morgan fingerprint density at radius 2 is 2.08 bits per heavy atom. The Kier molecular flexibility index (Phi) is 3.79. The van der Waals surface area contributed by atoms with Crippen molar-refractivity contribution in [1.82, 2.24) is 15.4 Å². The molecule has 1 aliphatic heterocycles. The van der Waals surface area contributed by atoms with Crippen LogP contribution < -0.4 is 26.6 Å². The van der Waals surface area contributed by atoms with Crippen molar-refractivity contribution in [3.8, 4) is 11.5 Å². The lowest BCUT2D eigenvalue weighted by Gasteiger charge is -2.10. The third kappa shape index (κ3) is 3.29. The van der Waals surface area contributed by atoms with Gasteiger partial charge < -0.3 is 21.2 Å². The zero-order chi connectivity index (χ0) is 17.2.